The van der Waals surface area contributed by atoms with E-state index >= 15 is 0 Å². The zero-order valence-corrected chi connectivity index (χ0v) is 6.13. The van der Waals surface area contributed by atoms with E-state index in [0.717, 1.165) is 16.7 Å². The van der Waals surface area contributed by atoms with Crippen LogP contribution in [-0.2, 0) is 0 Å². The van der Waals surface area contributed by atoms with Crippen LogP contribution in [0, 0.1) is 6.92 Å². The normalized spacial score (nSPS) is 10.6. The van der Waals surface area contributed by atoms with E-state index in [-0.39, 0.29) is 0 Å². The minimum atomic E-state index is 0.699. The molecule has 2 aromatic rings. The Hall–Kier alpha value is -1.58. The molecular formula is C7H8N4. The molecule has 2 heterocycles. The van der Waals surface area contributed by atoms with Gasteiger partial charge in [-0.05, 0) is 13.0 Å². The van der Waals surface area contributed by atoms with Gasteiger partial charge in [0.15, 0.2) is 0 Å². The lowest BCUT2D eigenvalue weighted by molar-refractivity contribution is 1.12. The van der Waals surface area contributed by atoms with E-state index in [2.05, 4.69) is 15.2 Å². The number of aryl methyl sites for hydroxylation is 1. The van der Waals surface area contributed by atoms with Crippen molar-refractivity contribution in [1.29, 1.82) is 0 Å². The molecule has 4 nitrogen and oxygen atoms in total. The second-order valence-electron chi connectivity index (χ2n) is 2.48. The van der Waals surface area contributed by atoms with Crippen LogP contribution in [0.1, 0.15) is 5.69 Å². The van der Waals surface area contributed by atoms with E-state index in [9.17, 15) is 0 Å². The first-order valence-electron chi connectivity index (χ1n) is 3.33. The number of rotatable bonds is 0. The molecule has 0 aliphatic carbocycles. The van der Waals surface area contributed by atoms with Gasteiger partial charge in [0.1, 0.15) is 11.0 Å². The minimum absolute atomic E-state index is 0.699. The fourth-order valence-electron chi connectivity index (χ4n) is 1.10. The van der Waals surface area contributed by atoms with Crippen LogP contribution >= 0.6 is 0 Å². The molecule has 0 atom stereocenters. The van der Waals surface area contributed by atoms with Gasteiger partial charge in [-0.3, -0.25) is 5.10 Å². The Morgan fingerprint density at radius 1 is 1.55 bits per heavy atom. The van der Waals surface area contributed by atoms with E-state index in [1.807, 2.05) is 13.0 Å². The highest BCUT2D eigenvalue weighted by Crippen LogP contribution is 2.16. The summed E-state index contributed by atoms with van der Waals surface area (Å²) in [6.07, 6.45) is 1.67. The first-order chi connectivity index (χ1) is 5.27. The van der Waals surface area contributed by atoms with Crippen molar-refractivity contribution in [2.24, 2.45) is 0 Å². The van der Waals surface area contributed by atoms with Gasteiger partial charge in [-0.25, -0.2) is 4.98 Å². The molecular weight excluding hydrogens is 140 g/mol. The molecule has 56 valence electrons. The van der Waals surface area contributed by atoms with E-state index in [4.69, 9.17) is 5.73 Å². The predicted octanol–water partition coefficient (Wildman–Crippen LogP) is 0.849. The molecule has 0 aliphatic heterocycles. The predicted molar refractivity (Wildman–Crippen MR) is 43.0 cm³/mol. The summed E-state index contributed by atoms with van der Waals surface area (Å²) >= 11 is 0. The highest BCUT2D eigenvalue weighted by Gasteiger charge is 2.00. The Labute approximate surface area is 63.4 Å². The van der Waals surface area contributed by atoms with Gasteiger partial charge in [0.25, 0.3) is 0 Å². The number of fused-ring (bicyclic) bond motifs is 1. The number of nitrogens with two attached hydrogens (primary N) is 1. The third-order valence-electron chi connectivity index (χ3n) is 1.57. The van der Waals surface area contributed by atoms with E-state index in [0.29, 0.717) is 5.69 Å². The maximum atomic E-state index is 5.69. The monoisotopic (exact) mass is 148 g/mol. The summed E-state index contributed by atoms with van der Waals surface area (Å²) in [6, 6.07) is 1.82. The van der Waals surface area contributed by atoms with Gasteiger partial charge in [-0.1, -0.05) is 0 Å². The molecule has 11 heavy (non-hydrogen) atoms. The minimum Gasteiger partial charge on any atom is -0.397 e. The number of nitrogen functional groups attached to an aromatic ring is 1. The lowest BCUT2D eigenvalue weighted by Crippen LogP contribution is -1.90. The molecule has 0 saturated heterocycles. The largest absolute Gasteiger partial charge is 0.397 e. The van der Waals surface area contributed by atoms with E-state index in [1.54, 1.807) is 6.20 Å². The maximum absolute atomic E-state index is 5.69. The molecule has 4 heteroatoms. The number of H-pyrrole nitrogens is 1. The first-order valence-corrected chi connectivity index (χ1v) is 3.33. The summed E-state index contributed by atoms with van der Waals surface area (Å²) in [5, 5.41) is 6.61. The number of nitrogens with zero attached hydrogens (tertiary/aromatic N) is 2. The molecule has 2 aromatic heterocycles. The molecule has 0 aromatic carbocycles. The van der Waals surface area contributed by atoms with Gasteiger partial charge >= 0.3 is 0 Å². The Morgan fingerprint density at radius 2 is 2.36 bits per heavy atom. The Bertz CT molecular complexity index is 390. The third-order valence-corrected chi connectivity index (χ3v) is 1.57. The van der Waals surface area contributed by atoms with Crippen molar-refractivity contribution < 1.29 is 0 Å². The van der Waals surface area contributed by atoms with Crippen LogP contribution in [-0.4, -0.2) is 15.2 Å². The summed E-state index contributed by atoms with van der Waals surface area (Å²) in [5.41, 5.74) is 8.94. The molecule has 3 N–H and O–H groups in total. The summed E-state index contributed by atoms with van der Waals surface area (Å²) in [7, 11) is 0. The van der Waals surface area contributed by atoms with Gasteiger partial charge in [-0.15, -0.1) is 0 Å². The molecule has 2 rings (SSSR count). The number of hydrogen-bond donors (Lipinski definition) is 2. The van der Waals surface area contributed by atoms with E-state index < -0.39 is 0 Å². The fraction of sp³-hybridized carbons (Fsp3) is 0.143. The average molecular weight is 148 g/mol. The van der Waals surface area contributed by atoms with Gasteiger partial charge in [0.2, 0.25) is 0 Å². The van der Waals surface area contributed by atoms with Crippen LogP contribution in [0.15, 0.2) is 12.3 Å². The Balaban J connectivity index is 2.91. The molecule has 0 bridgehead atoms. The van der Waals surface area contributed by atoms with Crippen molar-refractivity contribution in [1.82, 2.24) is 15.2 Å². The average Bonchev–Trinajstić information content (AvgIpc) is 2.34. The van der Waals surface area contributed by atoms with Crippen LogP contribution in [0.4, 0.5) is 5.69 Å². The first kappa shape index (κ1) is 6.15. The molecule has 0 saturated carbocycles. The van der Waals surface area contributed by atoms with Gasteiger partial charge in [0, 0.05) is 5.69 Å². The zero-order chi connectivity index (χ0) is 7.84. The summed E-state index contributed by atoms with van der Waals surface area (Å²) in [6.45, 7) is 1.91. The number of anilines is 1. The summed E-state index contributed by atoms with van der Waals surface area (Å²) in [4.78, 5) is 4.22. The molecule has 0 aliphatic rings. The highest BCUT2D eigenvalue weighted by atomic mass is 15.1. The van der Waals surface area contributed by atoms with Crippen LogP contribution in [0.25, 0.3) is 11.0 Å². The summed E-state index contributed by atoms with van der Waals surface area (Å²) in [5.74, 6) is 0. The smallest absolute Gasteiger partial charge is 0.110 e. The van der Waals surface area contributed by atoms with Crippen molar-refractivity contribution in [3.63, 3.8) is 0 Å². The Kier molecular flexibility index (Phi) is 1.09. The van der Waals surface area contributed by atoms with Crippen molar-refractivity contribution >= 4 is 16.7 Å². The maximum Gasteiger partial charge on any atom is 0.110 e. The number of aromatic amines is 1. The van der Waals surface area contributed by atoms with Crippen molar-refractivity contribution in [3.8, 4) is 0 Å². The lowest BCUT2D eigenvalue weighted by Gasteiger charge is -1.95. The number of pyridine rings is 1. The SMILES string of the molecule is Cc1cc(N)c2[nH]ncc2n1. The van der Waals surface area contributed by atoms with Crippen molar-refractivity contribution in [3.05, 3.63) is 18.0 Å². The van der Waals surface area contributed by atoms with Crippen LogP contribution < -0.4 is 5.73 Å². The molecule has 0 radical (unpaired) electrons. The van der Waals surface area contributed by atoms with Crippen LogP contribution in [0.5, 0.6) is 0 Å². The van der Waals surface area contributed by atoms with Crippen molar-refractivity contribution in [2.75, 3.05) is 5.73 Å². The van der Waals surface area contributed by atoms with Gasteiger partial charge in [0.05, 0.1) is 11.9 Å². The number of nitrogens with one attached hydrogen (secondary N) is 1. The van der Waals surface area contributed by atoms with Crippen molar-refractivity contribution in [2.45, 2.75) is 6.92 Å². The van der Waals surface area contributed by atoms with Crippen LogP contribution in [0.3, 0.4) is 0 Å². The molecule has 0 amide bonds. The topological polar surface area (TPSA) is 67.6 Å². The van der Waals surface area contributed by atoms with Gasteiger partial charge in [-0.2, -0.15) is 5.10 Å². The fourth-order valence-corrected chi connectivity index (χ4v) is 1.10. The second kappa shape index (κ2) is 1.95. The van der Waals surface area contributed by atoms with Crippen LogP contribution in [0.2, 0.25) is 0 Å². The number of aromatic nitrogens is 3. The zero-order valence-electron chi connectivity index (χ0n) is 6.13. The molecule has 0 fully saturated rings. The molecule has 0 spiro atoms. The summed E-state index contributed by atoms with van der Waals surface area (Å²) < 4.78 is 0. The number of hydrogen-bond acceptors (Lipinski definition) is 3. The Morgan fingerprint density at radius 3 is 3.18 bits per heavy atom. The second-order valence-corrected chi connectivity index (χ2v) is 2.48. The van der Waals surface area contributed by atoms with Gasteiger partial charge < -0.3 is 5.73 Å². The third kappa shape index (κ3) is 0.832. The highest BCUT2D eigenvalue weighted by molar-refractivity contribution is 5.85. The lowest BCUT2D eigenvalue weighted by atomic mass is 10.3. The molecule has 0 unspecified atom stereocenters. The quantitative estimate of drug-likeness (QED) is 0.582. The van der Waals surface area contributed by atoms with E-state index in [1.165, 1.54) is 0 Å². The standard InChI is InChI=1S/C7H8N4/c1-4-2-5(8)7-6(10-4)3-9-11-7/h2-3H,1H3,(H2,8,10)(H,9,11).